The largest absolute Gasteiger partial charge is 0.348 e. The monoisotopic (exact) mass is 430 g/mol. The van der Waals surface area contributed by atoms with Crippen LogP contribution >= 0.6 is 27.5 Å². The molecule has 0 aliphatic carbocycles. The lowest BCUT2D eigenvalue weighted by atomic mass is 10.1. The Morgan fingerprint density at radius 3 is 2.77 bits per heavy atom. The van der Waals surface area contributed by atoms with E-state index in [2.05, 4.69) is 28.2 Å². The molecule has 0 fully saturated rings. The summed E-state index contributed by atoms with van der Waals surface area (Å²) in [5.74, 6) is -0.365. The van der Waals surface area contributed by atoms with E-state index in [9.17, 15) is 9.59 Å². The lowest BCUT2D eigenvalue weighted by Crippen LogP contribution is -2.29. The van der Waals surface area contributed by atoms with Gasteiger partial charge in [-0.25, -0.2) is 0 Å². The third kappa shape index (κ3) is 2.95. The van der Waals surface area contributed by atoms with E-state index in [0.29, 0.717) is 17.0 Å². The molecule has 4 rings (SSSR count). The number of halogens is 2. The second-order valence-electron chi connectivity index (χ2n) is 6.60. The molecule has 1 aliphatic heterocycles. The van der Waals surface area contributed by atoms with Crippen LogP contribution in [0.1, 0.15) is 34.5 Å². The van der Waals surface area contributed by atoms with Gasteiger partial charge in [-0.2, -0.15) is 0 Å². The molecular weight excluding hydrogens is 416 g/mol. The number of pyridine rings is 1. The van der Waals surface area contributed by atoms with Crippen LogP contribution in [0.25, 0.3) is 10.9 Å². The topological polar surface area (TPSA) is 51.1 Å². The van der Waals surface area contributed by atoms with Crippen molar-refractivity contribution in [1.82, 2.24) is 9.88 Å². The van der Waals surface area contributed by atoms with Crippen molar-refractivity contribution in [2.75, 3.05) is 0 Å². The molecule has 0 bridgehead atoms. The minimum atomic E-state index is -0.365. The summed E-state index contributed by atoms with van der Waals surface area (Å²) in [4.78, 5) is 25.6. The maximum Gasteiger partial charge on any atom is 0.257 e. The van der Waals surface area contributed by atoms with E-state index in [1.165, 1.54) is 0 Å². The smallest absolute Gasteiger partial charge is 0.257 e. The molecule has 0 saturated heterocycles. The third-order valence-electron chi connectivity index (χ3n) is 4.77. The molecule has 1 aliphatic rings. The van der Waals surface area contributed by atoms with Gasteiger partial charge in [-0.1, -0.05) is 39.7 Å². The fraction of sp³-hybridized carbons (Fsp3) is 0.200. The number of nitrogens with one attached hydrogen (secondary N) is 1. The lowest BCUT2D eigenvalue weighted by molar-refractivity contribution is 0.0949. The molecule has 4 nitrogen and oxygen atoms in total. The van der Waals surface area contributed by atoms with Gasteiger partial charge in [-0.15, -0.1) is 0 Å². The summed E-state index contributed by atoms with van der Waals surface area (Å²) < 4.78 is 2.90. The first kappa shape index (κ1) is 17.3. The fourth-order valence-corrected chi connectivity index (χ4v) is 4.13. The highest BCUT2D eigenvalue weighted by Crippen LogP contribution is 2.33. The van der Waals surface area contributed by atoms with Gasteiger partial charge in [0.2, 0.25) is 5.43 Å². The quantitative estimate of drug-likeness (QED) is 0.665. The van der Waals surface area contributed by atoms with Gasteiger partial charge in [0, 0.05) is 33.7 Å². The standard InChI is InChI=1S/C20H16BrClN2O2/c1-11-6-13-7-14(21)8-16-18(13)24(11)10-17(19(16)25)20(26)23-9-12-2-4-15(22)5-3-12/h2-5,7-8,10-11H,6,9H2,1H3,(H,23,26)/t11-/m0/s1. The van der Waals surface area contributed by atoms with Crippen molar-refractivity contribution < 1.29 is 4.79 Å². The van der Waals surface area contributed by atoms with Crippen LogP contribution in [0, 0.1) is 0 Å². The van der Waals surface area contributed by atoms with E-state index < -0.39 is 0 Å². The number of nitrogens with zero attached hydrogens (tertiary/aromatic N) is 1. The first-order chi connectivity index (χ1) is 12.4. The Balaban J connectivity index is 1.71. The molecule has 26 heavy (non-hydrogen) atoms. The first-order valence-electron chi connectivity index (χ1n) is 8.34. The van der Waals surface area contributed by atoms with Crippen molar-refractivity contribution in [3.8, 4) is 0 Å². The van der Waals surface area contributed by atoms with Crippen LogP contribution in [0.3, 0.4) is 0 Å². The number of carbonyl (C=O) groups excluding carboxylic acids is 1. The van der Waals surface area contributed by atoms with Crippen molar-refractivity contribution in [3.05, 3.63) is 79.0 Å². The van der Waals surface area contributed by atoms with Crippen LogP contribution < -0.4 is 10.7 Å². The van der Waals surface area contributed by atoms with Crippen molar-refractivity contribution in [3.63, 3.8) is 0 Å². The van der Waals surface area contributed by atoms with Crippen LogP contribution in [-0.2, 0) is 13.0 Å². The summed E-state index contributed by atoms with van der Waals surface area (Å²) >= 11 is 9.35. The van der Waals surface area contributed by atoms with Crippen molar-refractivity contribution in [1.29, 1.82) is 0 Å². The average molecular weight is 432 g/mol. The minimum absolute atomic E-state index is 0.171. The Labute approximate surface area is 163 Å². The molecule has 6 heteroatoms. The third-order valence-corrected chi connectivity index (χ3v) is 5.48. The lowest BCUT2D eigenvalue weighted by Gasteiger charge is -2.13. The Morgan fingerprint density at radius 1 is 1.31 bits per heavy atom. The van der Waals surface area contributed by atoms with E-state index in [1.54, 1.807) is 24.4 Å². The van der Waals surface area contributed by atoms with E-state index in [1.807, 2.05) is 22.8 Å². The molecule has 0 saturated carbocycles. The van der Waals surface area contributed by atoms with Crippen LogP contribution in [-0.4, -0.2) is 10.5 Å². The predicted octanol–water partition coefficient (Wildman–Crippen LogP) is 4.46. The molecule has 2 heterocycles. The highest BCUT2D eigenvalue weighted by Gasteiger charge is 2.25. The molecule has 1 aromatic heterocycles. The highest BCUT2D eigenvalue weighted by molar-refractivity contribution is 9.10. The molecule has 1 N–H and O–H groups in total. The number of amides is 1. The van der Waals surface area contributed by atoms with Crippen LogP contribution in [0.4, 0.5) is 0 Å². The molecule has 1 amide bonds. The van der Waals surface area contributed by atoms with Gasteiger partial charge in [0.15, 0.2) is 0 Å². The van der Waals surface area contributed by atoms with E-state index in [-0.39, 0.29) is 22.9 Å². The van der Waals surface area contributed by atoms with E-state index in [4.69, 9.17) is 11.6 Å². The zero-order chi connectivity index (χ0) is 18.4. The maximum atomic E-state index is 12.9. The summed E-state index contributed by atoms with van der Waals surface area (Å²) in [6.45, 7) is 2.43. The fourth-order valence-electron chi connectivity index (χ4n) is 3.50. The number of aromatic nitrogens is 1. The van der Waals surface area contributed by atoms with Gasteiger partial charge >= 0.3 is 0 Å². The summed E-state index contributed by atoms with van der Waals surface area (Å²) in [5.41, 5.74) is 2.92. The zero-order valence-electron chi connectivity index (χ0n) is 14.1. The minimum Gasteiger partial charge on any atom is -0.348 e. The predicted molar refractivity (Wildman–Crippen MR) is 107 cm³/mol. The molecule has 132 valence electrons. The summed E-state index contributed by atoms with van der Waals surface area (Å²) in [5, 5.41) is 4.06. The summed E-state index contributed by atoms with van der Waals surface area (Å²) in [6.07, 6.45) is 2.54. The number of rotatable bonds is 3. The maximum absolute atomic E-state index is 12.9. The van der Waals surface area contributed by atoms with Crippen LogP contribution in [0.5, 0.6) is 0 Å². The first-order valence-corrected chi connectivity index (χ1v) is 9.51. The SMILES string of the molecule is C[C@H]1Cc2cc(Br)cc3c(=O)c(C(=O)NCc4ccc(Cl)cc4)cn1c23. The van der Waals surface area contributed by atoms with Gasteiger partial charge in [0.05, 0.1) is 5.52 Å². The zero-order valence-corrected chi connectivity index (χ0v) is 16.4. The number of benzene rings is 2. The number of hydrogen-bond donors (Lipinski definition) is 1. The van der Waals surface area contributed by atoms with Gasteiger partial charge in [0.25, 0.3) is 5.91 Å². The molecule has 0 radical (unpaired) electrons. The Morgan fingerprint density at radius 2 is 2.04 bits per heavy atom. The van der Waals surface area contributed by atoms with Crippen LogP contribution in [0.15, 0.2) is 51.9 Å². The Hall–Kier alpha value is -2.11. The van der Waals surface area contributed by atoms with Crippen molar-refractivity contribution in [2.45, 2.75) is 25.9 Å². The Bertz CT molecular complexity index is 1090. The molecular formula is C20H16BrClN2O2. The normalized spacial score (nSPS) is 15.4. The van der Waals surface area contributed by atoms with Gasteiger partial charge < -0.3 is 9.88 Å². The highest BCUT2D eigenvalue weighted by atomic mass is 79.9. The summed E-state index contributed by atoms with van der Waals surface area (Å²) in [6, 6.07) is 11.3. The van der Waals surface area contributed by atoms with Gasteiger partial charge in [-0.3, -0.25) is 9.59 Å². The second kappa shape index (κ2) is 6.56. The Kier molecular flexibility index (Phi) is 4.37. The summed E-state index contributed by atoms with van der Waals surface area (Å²) in [7, 11) is 0. The molecule has 1 atom stereocenters. The second-order valence-corrected chi connectivity index (χ2v) is 7.95. The average Bonchev–Trinajstić information content (AvgIpc) is 2.92. The van der Waals surface area contributed by atoms with E-state index in [0.717, 1.165) is 27.5 Å². The van der Waals surface area contributed by atoms with Crippen molar-refractivity contribution >= 4 is 44.3 Å². The number of carbonyl (C=O) groups is 1. The van der Waals surface area contributed by atoms with Gasteiger partial charge in [-0.05, 0) is 48.7 Å². The van der Waals surface area contributed by atoms with E-state index >= 15 is 0 Å². The van der Waals surface area contributed by atoms with Crippen molar-refractivity contribution in [2.24, 2.45) is 0 Å². The van der Waals surface area contributed by atoms with Gasteiger partial charge in [0.1, 0.15) is 5.56 Å². The van der Waals surface area contributed by atoms with Crippen LogP contribution in [0.2, 0.25) is 5.02 Å². The molecule has 0 unspecified atom stereocenters. The number of hydrogen-bond acceptors (Lipinski definition) is 2. The molecule has 3 aromatic rings. The molecule has 0 spiro atoms. The molecule has 2 aromatic carbocycles.